The first-order valence-electron chi connectivity index (χ1n) is 6.85. The molecule has 1 aliphatic carbocycles. The summed E-state index contributed by atoms with van der Waals surface area (Å²) in [5.74, 6) is 0.625. The van der Waals surface area contributed by atoms with Crippen molar-refractivity contribution in [3.63, 3.8) is 0 Å². The monoisotopic (exact) mass is 286 g/mol. The van der Waals surface area contributed by atoms with E-state index >= 15 is 0 Å². The lowest BCUT2D eigenvalue weighted by Gasteiger charge is -2.13. The van der Waals surface area contributed by atoms with E-state index in [1.54, 1.807) is 11.3 Å². The third-order valence-electron chi connectivity index (χ3n) is 3.66. The number of nitrogens with two attached hydrogens (primary N) is 2. The van der Waals surface area contributed by atoms with Crippen LogP contribution in [0.5, 0.6) is 0 Å². The molecule has 0 bridgehead atoms. The fourth-order valence-corrected chi connectivity index (χ4v) is 3.76. The Bertz CT molecular complexity index is 614. The van der Waals surface area contributed by atoms with Crippen molar-refractivity contribution in [2.24, 2.45) is 16.5 Å². The van der Waals surface area contributed by atoms with Gasteiger partial charge in [-0.2, -0.15) is 4.99 Å². The van der Waals surface area contributed by atoms with Crippen LogP contribution >= 0.6 is 11.3 Å². The number of fused-ring (bicyclic) bond motifs is 1. The van der Waals surface area contributed by atoms with E-state index in [-0.39, 0.29) is 5.96 Å². The van der Waals surface area contributed by atoms with Crippen molar-refractivity contribution in [1.82, 2.24) is 4.98 Å². The molecular weight excluding hydrogens is 268 g/mol. The fraction of sp³-hybridized carbons (Fsp3) is 0.333. The summed E-state index contributed by atoms with van der Waals surface area (Å²) in [6, 6.07) is 10.7. The van der Waals surface area contributed by atoms with Crippen molar-refractivity contribution < 1.29 is 0 Å². The van der Waals surface area contributed by atoms with Gasteiger partial charge < -0.3 is 11.5 Å². The number of rotatable bonds is 2. The number of nitrogens with zero attached hydrogens (tertiary/aromatic N) is 2. The van der Waals surface area contributed by atoms with Crippen LogP contribution in [-0.4, -0.2) is 10.9 Å². The largest absolute Gasteiger partial charge is 0.370 e. The van der Waals surface area contributed by atoms with E-state index in [9.17, 15) is 0 Å². The summed E-state index contributed by atoms with van der Waals surface area (Å²) in [5.41, 5.74) is 13.4. The highest BCUT2D eigenvalue weighted by molar-refractivity contribution is 7.15. The summed E-state index contributed by atoms with van der Waals surface area (Å²) < 4.78 is 0. The van der Waals surface area contributed by atoms with Crippen LogP contribution in [0.25, 0.3) is 0 Å². The second kappa shape index (κ2) is 5.63. The summed E-state index contributed by atoms with van der Waals surface area (Å²) in [6.45, 7) is 0. The fourth-order valence-electron chi connectivity index (χ4n) is 2.74. The number of hydrogen-bond donors (Lipinski definition) is 2. The lowest BCUT2D eigenvalue weighted by Crippen LogP contribution is -2.21. The predicted octanol–water partition coefficient (Wildman–Crippen LogP) is 2.71. The normalized spacial score (nSPS) is 18.1. The lowest BCUT2D eigenvalue weighted by molar-refractivity contribution is 0.608. The van der Waals surface area contributed by atoms with Gasteiger partial charge in [-0.15, -0.1) is 0 Å². The topological polar surface area (TPSA) is 77.3 Å². The maximum Gasteiger partial charge on any atom is 0.212 e. The SMILES string of the molecule is NC(N)=Nc1nc2c(s1)CCC[C@H](c1ccccc1)C2. The number of hydrogen-bond acceptors (Lipinski definition) is 3. The first-order valence-corrected chi connectivity index (χ1v) is 7.67. The number of aryl methyl sites for hydroxylation is 1. The average molecular weight is 286 g/mol. The summed E-state index contributed by atoms with van der Waals surface area (Å²) in [6.07, 6.45) is 4.47. The number of aliphatic imine (C=N–C) groups is 1. The minimum Gasteiger partial charge on any atom is -0.370 e. The number of thiazole rings is 1. The number of guanidine groups is 1. The maximum atomic E-state index is 5.43. The molecular formula is C15H18N4S. The zero-order valence-electron chi connectivity index (χ0n) is 11.2. The van der Waals surface area contributed by atoms with E-state index in [4.69, 9.17) is 11.5 Å². The Morgan fingerprint density at radius 1 is 1.25 bits per heavy atom. The molecule has 4 N–H and O–H groups in total. The van der Waals surface area contributed by atoms with Crippen LogP contribution in [0.2, 0.25) is 0 Å². The van der Waals surface area contributed by atoms with E-state index in [2.05, 4.69) is 40.3 Å². The molecule has 0 amide bonds. The zero-order valence-corrected chi connectivity index (χ0v) is 12.1. The molecule has 0 spiro atoms. The molecule has 4 nitrogen and oxygen atoms in total. The molecule has 1 aromatic heterocycles. The molecule has 104 valence electrons. The molecule has 0 radical (unpaired) electrons. The van der Waals surface area contributed by atoms with E-state index in [1.165, 1.54) is 29.0 Å². The molecule has 0 saturated carbocycles. The van der Waals surface area contributed by atoms with E-state index in [0.29, 0.717) is 11.0 Å². The van der Waals surface area contributed by atoms with Gasteiger partial charge in [-0.1, -0.05) is 41.7 Å². The summed E-state index contributed by atoms with van der Waals surface area (Å²) in [5, 5.41) is 0.684. The Hall–Kier alpha value is -1.88. The van der Waals surface area contributed by atoms with Gasteiger partial charge in [-0.3, -0.25) is 0 Å². The van der Waals surface area contributed by atoms with E-state index in [1.807, 2.05) is 0 Å². The zero-order chi connectivity index (χ0) is 13.9. The molecule has 1 atom stereocenters. The summed E-state index contributed by atoms with van der Waals surface area (Å²) >= 11 is 1.62. The Labute approximate surface area is 122 Å². The Morgan fingerprint density at radius 2 is 2.05 bits per heavy atom. The Morgan fingerprint density at radius 3 is 2.80 bits per heavy atom. The van der Waals surface area contributed by atoms with Gasteiger partial charge in [-0.05, 0) is 37.2 Å². The quantitative estimate of drug-likeness (QED) is 0.506. The minimum absolute atomic E-state index is 0.0773. The molecule has 3 rings (SSSR count). The molecule has 0 fully saturated rings. The number of benzene rings is 1. The first kappa shape index (κ1) is 13.1. The molecule has 0 saturated heterocycles. The van der Waals surface area contributed by atoms with Gasteiger partial charge in [0.25, 0.3) is 0 Å². The van der Waals surface area contributed by atoms with Gasteiger partial charge >= 0.3 is 0 Å². The molecule has 1 aliphatic rings. The minimum atomic E-state index is 0.0773. The van der Waals surface area contributed by atoms with Gasteiger partial charge in [0, 0.05) is 4.88 Å². The third-order valence-corrected chi connectivity index (χ3v) is 4.71. The van der Waals surface area contributed by atoms with Crippen LogP contribution < -0.4 is 11.5 Å². The maximum absolute atomic E-state index is 5.43. The molecule has 0 unspecified atom stereocenters. The molecule has 1 aromatic carbocycles. The van der Waals surface area contributed by atoms with Crippen molar-refractivity contribution in [2.45, 2.75) is 31.6 Å². The molecule has 5 heteroatoms. The van der Waals surface area contributed by atoms with Crippen molar-refractivity contribution in [3.05, 3.63) is 46.5 Å². The molecule has 2 aromatic rings. The van der Waals surface area contributed by atoms with Crippen molar-refractivity contribution in [3.8, 4) is 0 Å². The molecule has 20 heavy (non-hydrogen) atoms. The molecule has 1 heterocycles. The highest BCUT2D eigenvalue weighted by Crippen LogP contribution is 2.36. The lowest BCUT2D eigenvalue weighted by atomic mass is 9.92. The smallest absolute Gasteiger partial charge is 0.212 e. The van der Waals surface area contributed by atoms with Crippen molar-refractivity contribution in [2.75, 3.05) is 0 Å². The Kier molecular flexibility index (Phi) is 3.69. The van der Waals surface area contributed by atoms with Crippen LogP contribution in [0.15, 0.2) is 35.3 Å². The van der Waals surface area contributed by atoms with Crippen LogP contribution in [0.4, 0.5) is 5.13 Å². The van der Waals surface area contributed by atoms with Crippen LogP contribution in [0.1, 0.15) is 34.9 Å². The Balaban J connectivity index is 1.87. The van der Waals surface area contributed by atoms with Gasteiger partial charge in [0.05, 0.1) is 5.69 Å². The second-order valence-electron chi connectivity index (χ2n) is 5.11. The standard InChI is InChI=1S/C15H18N4S/c16-14(17)19-15-18-12-9-11(7-4-8-13(12)20-15)10-5-2-1-3-6-10/h1-3,5-6,11H,4,7-9H2,(H4,16,17,18,19)/t11-/m0/s1. The van der Waals surface area contributed by atoms with Gasteiger partial charge in [0.15, 0.2) is 5.96 Å². The highest BCUT2D eigenvalue weighted by Gasteiger charge is 2.21. The van der Waals surface area contributed by atoms with Gasteiger partial charge in [-0.25, -0.2) is 4.98 Å². The van der Waals surface area contributed by atoms with Crippen LogP contribution in [0, 0.1) is 0 Å². The van der Waals surface area contributed by atoms with Crippen LogP contribution in [-0.2, 0) is 12.8 Å². The average Bonchev–Trinajstić information content (AvgIpc) is 2.68. The van der Waals surface area contributed by atoms with Crippen molar-refractivity contribution >= 4 is 22.4 Å². The van der Waals surface area contributed by atoms with E-state index in [0.717, 1.165) is 12.8 Å². The summed E-state index contributed by atoms with van der Waals surface area (Å²) in [7, 11) is 0. The van der Waals surface area contributed by atoms with E-state index < -0.39 is 0 Å². The highest BCUT2D eigenvalue weighted by atomic mass is 32.1. The third kappa shape index (κ3) is 2.82. The second-order valence-corrected chi connectivity index (χ2v) is 6.17. The predicted molar refractivity (Wildman–Crippen MR) is 83.4 cm³/mol. The van der Waals surface area contributed by atoms with Crippen LogP contribution in [0.3, 0.4) is 0 Å². The first-order chi connectivity index (χ1) is 9.72. The van der Waals surface area contributed by atoms with Gasteiger partial charge in [0.2, 0.25) is 5.13 Å². The molecule has 0 aliphatic heterocycles. The van der Waals surface area contributed by atoms with Gasteiger partial charge in [0.1, 0.15) is 0 Å². The number of aromatic nitrogens is 1. The summed E-state index contributed by atoms with van der Waals surface area (Å²) in [4.78, 5) is 10.0. The van der Waals surface area contributed by atoms with Crippen molar-refractivity contribution in [1.29, 1.82) is 0 Å².